The second-order valence-corrected chi connectivity index (χ2v) is 6.34. The number of benzene rings is 2. The fourth-order valence-electron chi connectivity index (χ4n) is 2.33. The molecule has 6 heteroatoms. The Morgan fingerprint density at radius 1 is 1.28 bits per heavy atom. The SMILES string of the molecule is CCOc1c(Br)cc(C(=O)N/N=C\c2ccc(C)cc2C)cc1OC. The average Bonchev–Trinajstić information content (AvgIpc) is 2.58. The van der Waals surface area contributed by atoms with Crippen molar-refractivity contribution in [2.75, 3.05) is 13.7 Å². The third-order valence-electron chi connectivity index (χ3n) is 3.58. The molecular formula is C19H21BrN2O3. The Bertz CT molecular complexity index is 803. The van der Waals surface area contributed by atoms with Crippen molar-refractivity contribution in [1.29, 1.82) is 0 Å². The van der Waals surface area contributed by atoms with E-state index in [0.29, 0.717) is 28.1 Å². The molecule has 0 atom stereocenters. The molecule has 0 saturated heterocycles. The van der Waals surface area contributed by atoms with Crippen LogP contribution in [0.4, 0.5) is 0 Å². The number of nitrogens with one attached hydrogen (secondary N) is 1. The lowest BCUT2D eigenvalue weighted by molar-refractivity contribution is 0.0954. The van der Waals surface area contributed by atoms with Gasteiger partial charge in [0.25, 0.3) is 5.91 Å². The number of carbonyl (C=O) groups is 1. The minimum absolute atomic E-state index is 0.330. The van der Waals surface area contributed by atoms with Gasteiger partial charge in [-0.2, -0.15) is 5.10 Å². The van der Waals surface area contributed by atoms with Gasteiger partial charge in [0, 0.05) is 5.56 Å². The van der Waals surface area contributed by atoms with E-state index >= 15 is 0 Å². The highest BCUT2D eigenvalue weighted by molar-refractivity contribution is 9.10. The Kier molecular flexibility index (Phi) is 6.58. The number of carbonyl (C=O) groups excluding carboxylic acids is 1. The predicted octanol–water partition coefficient (Wildman–Crippen LogP) is 4.24. The van der Waals surface area contributed by atoms with Crippen molar-refractivity contribution in [3.05, 3.63) is 57.1 Å². The third kappa shape index (κ3) is 4.82. The summed E-state index contributed by atoms with van der Waals surface area (Å²) in [5, 5.41) is 4.04. The molecular weight excluding hydrogens is 384 g/mol. The molecule has 0 aliphatic rings. The molecule has 0 saturated carbocycles. The Balaban J connectivity index is 2.15. The highest BCUT2D eigenvalue weighted by Gasteiger charge is 2.15. The average molecular weight is 405 g/mol. The zero-order valence-electron chi connectivity index (χ0n) is 14.7. The standard InChI is InChI=1S/C19H21BrN2O3/c1-5-25-18-16(20)9-15(10-17(18)24-4)19(23)22-21-11-14-7-6-12(2)8-13(14)3/h6-11H,5H2,1-4H3,(H,22,23)/b21-11-. The number of hydrogen-bond acceptors (Lipinski definition) is 4. The number of hydrogen-bond donors (Lipinski definition) is 1. The molecule has 0 aromatic heterocycles. The van der Waals surface area contributed by atoms with Crippen LogP contribution in [0.3, 0.4) is 0 Å². The molecule has 1 amide bonds. The molecule has 0 aliphatic heterocycles. The molecule has 0 unspecified atom stereocenters. The van der Waals surface area contributed by atoms with Crippen molar-refractivity contribution >= 4 is 28.1 Å². The number of methoxy groups -OCH3 is 1. The van der Waals surface area contributed by atoms with Crippen molar-refractivity contribution in [2.45, 2.75) is 20.8 Å². The third-order valence-corrected chi connectivity index (χ3v) is 4.16. The van der Waals surface area contributed by atoms with E-state index < -0.39 is 0 Å². The lowest BCUT2D eigenvalue weighted by Crippen LogP contribution is -2.18. The van der Waals surface area contributed by atoms with Gasteiger partial charge in [-0.15, -0.1) is 0 Å². The maximum Gasteiger partial charge on any atom is 0.271 e. The molecule has 0 heterocycles. The number of halogens is 1. The van der Waals surface area contributed by atoms with Crippen LogP contribution in [0.2, 0.25) is 0 Å². The van der Waals surface area contributed by atoms with Gasteiger partial charge in [-0.1, -0.05) is 23.8 Å². The van der Waals surface area contributed by atoms with Crippen LogP contribution in [0.15, 0.2) is 39.9 Å². The van der Waals surface area contributed by atoms with Crippen LogP contribution in [0.5, 0.6) is 11.5 Å². The minimum atomic E-state index is -0.330. The predicted molar refractivity (Wildman–Crippen MR) is 103 cm³/mol. The second-order valence-electron chi connectivity index (χ2n) is 5.48. The number of nitrogens with zero attached hydrogens (tertiary/aromatic N) is 1. The van der Waals surface area contributed by atoms with Crippen LogP contribution in [0, 0.1) is 13.8 Å². The summed E-state index contributed by atoms with van der Waals surface area (Å²) in [4.78, 5) is 12.3. The Morgan fingerprint density at radius 3 is 2.68 bits per heavy atom. The van der Waals surface area contributed by atoms with E-state index in [1.807, 2.05) is 32.9 Å². The van der Waals surface area contributed by atoms with Crippen molar-refractivity contribution < 1.29 is 14.3 Å². The van der Waals surface area contributed by atoms with Crippen LogP contribution < -0.4 is 14.9 Å². The minimum Gasteiger partial charge on any atom is -0.493 e. The largest absolute Gasteiger partial charge is 0.493 e. The van der Waals surface area contributed by atoms with Crippen molar-refractivity contribution in [3.63, 3.8) is 0 Å². The topological polar surface area (TPSA) is 59.9 Å². The quantitative estimate of drug-likeness (QED) is 0.578. The van der Waals surface area contributed by atoms with E-state index in [2.05, 4.69) is 32.5 Å². The number of ether oxygens (including phenoxy) is 2. The number of aryl methyl sites for hydroxylation is 2. The first-order valence-corrected chi connectivity index (χ1v) is 8.66. The first-order valence-electron chi connectivity index (χ1n) is 7.87. The molecule has 132 valence electrons. The maximum atomic E-state index is 12.3. The van der Waals surface area contributed by atoms with Gasteiger partial charge in [-0.3, -0.25) is 4.79 Å². The zero-order chi connectivity index (χ0) is 18.4. The second kappa shape index (κ2) is 8.67. The first kappa shape index (κ1) is 19.0. The van der Waals surface area contributed by atoms with Gasteiger partial charge in [0.15, 0.2) is 11.5 Å². The summed E-state index contributed by atoms with van der Waals surface area (Å²) in [6.07, 6.45) is 1.63. The van der Waals surface area contributed by atoms with Gasteiger partial charge in [0.1, 0.15) is 0 Å². The molecule has 25 heavy (non-hydrogen) atoms. The van der Waals surface area contributed by atoms with Crippen molar-refractivity contribution in [1.82, 2.24) is 5.43 Å². The molecule has 2 aromatic rings. The maximum absolute atomic E-state index is 12.3. The first-order chi connectivity index (χ1) is 12.0. The summed E-state index contributed by atoms with van der Waals surface area (Å²) in [6, 6.07) is 9.34. The van der Waals surface area contributed by atoms with Crippen LogP contribution in [0.1, 0.15) is 34.0 Å². The van der Waals surface area contributed by atoms with E-state index in [4.69, 9.17) is 9.47 Å². The van der Waals surface area contributed by atoms with Gasteiger partial charge in [0.2, 0.25) is 0 Å². The molecule has 0 bridgehead atoms. The van der Waals surface area contributed by atoms with Crippen LogP contribution in [-0.4, -0.2) is 25.8 Å². The highest BCUT2D eigenvalue weighted by Crippen LogP contribution is 2.36. The summed E-state index contributed by atoms with van der Waals surface area (Å²) in [5.41, 5.74) is 6.19. The molecule has 2 aromatic carbocycles. The fourth-order valence-corrected chi connectivity index (χ4v) is 2.89. The van der Waals surface area contributed by atoms with Crippen molar-refractivity contribution in [3.8, 4) is 11.5 Å². The summed E-state index contributed by atoms with van der Waals surface area (Å²) < 4.78 is 11.5. The number of amides is 1. The summed E-state index contributed by atoms with van der Waals surface area (Å²) in [6.45, 7) is 6.42. The van der Waals surface area contributed by atoms with Gasteiger partial charge in [-0.05, 0) is 60.0 Å². The molecule has 0 fully saturated rings. The molecule has 5 nitrogen and oxygen atoms in total. The molecule has 0 spiro atoms. The van der Waals surface area contributed by atoms with Crippen molar-refractivity contribution in [2.24, 2.45) is 5.10 Å². The van der Waals surface area contributed by atoms with Gasteiger partial charge in [0.05, 0.1) is 24.4 Å². The van der Waals surface area contributed by atoms with E-state index in [1.165, 1.54) is 12.7 Å². The monoisotopic (exact) mass is 404 g/mol. The molecule has 0 radical (unpaired) electrons. The van der Waals surface area contributed by atoms with Crippen LogP contribution >= 0.6 is 15.9 Å². The van der Waals surface area contributed by atoms with Gasteiger partial charge < -0.3 is 9.47 Å². The Labute approximate surface area is 156 Å². The molecule has 0 aliphatic carbocycles. The highest BCUT2D eigenvalue weighted by atomic mass is 79.9. The van der Waals surface area contributed by atoms with Crippen LogP contribution in [-0.2, 0) is 0 Å². The van der Waals surface area contributed by atoms with E-state index in [-0.39, 0.29) is 5.91 Å². The number of rotatable bonds is 6. The zero-order valence-corrected chi connectivity index (χ0v) is 16.3. The van der Waals surface area contributed by atoms with E-state index in [9.17, 15) is 4.79 Å². The fraction of sp³-hybridized carbons (Fsp3) is 0.263. The summed E-state index contributed by atoms with van der Waals surface area (Å²) in [5.74, 6) is 0.725. The Hall–Kier alpha value is -2.34. The number of hydrazone groups is 1. The van der Waals surface area contributed by atoms with E-state index in [0.717, 1.165) is 11.1 Å². The van der Waals surface area contributed by atoms with E-state index in [1.54, 1.807) is 18.3 Å². The van der Waals surface area contributed by atoms with Crippen LogP contribution in [0.25, 0.3) is 0 Å². The summed E-state index contributed by atoms with van der Waals surface area (Å²) >= 11 is 3.41. The Morgan fingerprint density at radius 2 is 2.04 bits per heavy atom. The van der Waals surface area contributed by atoms with Gasteiger partial charge >= 0.3 is 0 Å². The smallest absolute Gasteiger partial charge is 0.271 e. The van der Waals surface area contributed by atoms with Gasteiger partial charge in [-0.25, -0.2) is 5.43 Å². The molecule has 2 rings (SSSR count). The molecule has 1 N–H and O–H groups in total. The summed E-state index contributed by atoms with van der Waals surface area (Å²) in [7, 11) is 1.53. The lowest BCUT2D eigenvalue weighted by Gasteiger charge is -2.12. The normalized spacial score (nSPS) is 10.8. The lowest BCUT2D eigenvalue weighted by atomic mass is 10.1.